The summed E-state index contributed by atoms with van der Waals surface area (Å²) in [6, 6.07) is 7.64. The van der Waals surface area contributed by atoms with Crippen LogP contribution in [0, 0.1) is 0 Å². The summed E-state index contributed by atoms with van der Waals surface area (Å²) < 4.78 is 9.43. The number of nitrogens with zero attached hydrogens (tertiary/aromatic N) is 1. The lowest BCUT2D eigenvalue weighted by Crippen LogP contribution is -2.35. The molecule has 1 aliphatic rings. The number of ether oxygens (including phenoxy) is 2. The van der Waals surface area contributed by atoms with Crippen molar-refractivity contribution in [1.29, 1.82) is 0 Å². The highest BCUT2D eigenvalue weighted by molar-refractivity contribution is 7.98. The van der Waals surface area contributed by atoms with Gasteiger partial charge in [0, 0.05) is 11.0 Å². The lowest BCUT2D eigenvalue weighted by Gasteiger charge is -2.09. The first kappa shape index (κ1) is 16.1. The fourth-order valence-electron chi connectivity index (χ4n) is 1.76. The first-order valence-electron chi connectivity index (χ1n) is 6.56. The highest BCUT2D eigenvalue weighted by atomic mass is 32.2. The van der Waals surface area contributed by atoms with E-state index in [0.29, 0.717) is 0 Å². The molecule has 0 N–H and O–H groups in total. The summed E-state index contributed by atoms with van der Waals surface area (Å²) in [5.41, 5.74) is 0.851. The molecule has 1 aromatic rings. The summed E-state index contributed by atoms with van der Waals surface area (Å²) in [6.07, 6.45) is 4.12. The summed E-state index contributed by atoms with van der Waals surface area (Å²) in [7, 11) is 0. The second kappa shape index (κ2) is 7.65. The number of rotatable bonds is 5. The van der Waals surface area contributed by atoms with Crippen LogP contribution in [0.25, 0.3) is 6.08 Å². The number of carbonyl (C=O) groups excluding carboxylic acids is 3. The third kappa shape index (κ3) is 4.36. The number of carbonyl (C=O) groups is 3. The Morgan fingerprint density at radius 1 is 1.36 bits per heavy atom. The summed E-state index contributed by atoms with van der Waals surface area (Å²) >= 11 is 1.63. The number of esters is 1. The molecule has 1 aliphatic heterocycles. The maximum absolute atomic E-state index is 11.6. The quantitative estimate of drug-likeness (QED) is 0.469. The van der Waals surface area contributed by atoms with Crippen molar-refractivity contribution in [2.24, 2.45) is 0 Å². The van der Waals surface area contributed by atoms with E-state index in [1.165, 1.54) is 6.08 Å². The van der Waals surface area contributed by atoms with Crippen LogP contribution in [0.5, 0.6) is 0 Å². The molecule has 1 saturated heterocycles. The first-order valence-corrected chi connectivity index (χ1v) is 7.78. The molecule has 6 nitrogen and oxygen atoms in total. The first-order chi connectivity index (χ1) is 10.6. The number of amides is 2. The van der Waals surface area contributed by atoms with Crippen LogP contribution in [-0.4, -0.2) is 48.9 Å². The molecule has 0 radical (unpaired) electrons. The largest absolute Gasteiger partial charge is 0.452 e. The molecule has 116 valence electrons. The van der Waals surface area contributed by atoms with Crippen molar-refractivity contribution in [3.8, 4) is 0 Å². The van der Waals surface area contributed by atoms with E-state index in [1.54, 1.807) is 17.8 Å². The van der Waals surface area contributed by atoms with Gasteiger partial charge >= 0.3 is 12.1 Å². The van der Waals surface area contributed by atoms with E-state index in [1.807, 2.05) is 30.5 Å². The number of thioether (sulfide) groups is 1. The molecule has 0 atom stereocenters. The normalized spacial score (nSPS) is 14.2. The second-order valence-corrected chi connectivity index (χ2v) is 5.25. The average molecular weight is 321 g/mol. The van der Waals surface area contributed by atoms with E-state index in [2.05, 4.69) is 4.74 Å². The zero-order chi connectivity index (χ0) is 15.9. The van der Waals surface area contributed by atoms with Crippen molar-refractivity contribution < 1.29 is 23.9 Å². The molecule has 7 heteroatoms. The van der Waals surface area contributed by atoms with Gasteiger partial charge in [-0.3, -0.25) is 4.79 Å². The van der Waals surface area contributed by atoms with Gasteiger partial charge in [-0.15, -0.1) is 11.8 Å². The van der Waals surface area contributed by atoms with Gasteiger partial charge in [0.15, 0.2) is 6.61 Å². The molecule has 0 unspecified atom stereocenters. The van der Waals surface area contributed by atoms with E-state index in [4.69, 9.17) is 4.74 Å². The minimum atomic E-state index is -0.703. The highest BCUT2D eigenvalue weighted by Crippen LogP contribution is 2.15. The molecular weight excluding hydrogens is 306 g/mol. The van der Waals surface area contributed by atoms with E-state index < -0.39 is 24.6 Å². The molecule has 22 heavy (non-hydrogen) atoms. The van der Waals surface area contributed by atoms with E-state index in [-0.39, 0.29) is 13.2 Å². The molecule has 0 spiro atoms. The summed E-state index contributed by atoms with van der Waals surface area (Å²) in [6.45, 7) is -0.124. The van der Waals surface area contributed by atoms with Gasteiger partial charge in [-0.1, -0.05) is 12.1 Å². The third-order valence-electron chi connectivity index (χ3n) is 2.93. The van der Waals surface area contributed by atoms with Crippen molar-refractivity contribution >= 4 is 35.8 Å². The summed E-state index contributed by atoms with van der Waals surface area (Å²) in [5, 5.41) is 0. The predicted molar refractivity (Wildman–Crippen MR) is 81.3 cm³/mol. The molecule has 0 bridgehead atoms. The molecular formula is C15H15NO5S. The molecule has 0 aliphatic carbocycles. The predicted octanol–water partition coefficient (Wildman–Crippen LogP) is 1.94. The van der Waals surface area contributed by atoms with E-state index in [0.717, 1.165) is 15.4 Å². The van der Waals surface area contributed by atoms with Gasteiger partial charge in [-0.25, -0.2) is 14.5 Å². The van der Waals surface area contributed by atoms with Gasteiger partial charge in [0.2, 0.25) is 0 Å². The zero-order valence-corrected chi connectivity index (χ0v) is 12.8. The molecule has 0 saturated carbocycles. The standard InChI is InChI=1S/C15H15NO5S/c1-22-12-5-2-11(3-6-12)4-7-14(18)21-10-13(17)16-8-9-20-15(16)19/h2-7H,8-10H2,1H3/b7-4+. The molecule has 0 aromatic heterocycles. The van der Waals surface area contributed by atoms with Crippen LogP contribution in [0.15, 0.2) is 35.2 Å². The highest BCUT2D eigenvalue weighted by Gasteiger charge is 2.28. The van der Waals surface area contributed by atoms with Crippen LogP contribution in [0.3, 0.4) is 0 Å². The Bertz CT molecular complexity index is 596. The lowest BCUT2D eigenvalue weighted by atomic mass is 10.2. The average Bonchev–Trinajstić information content (AvgIpc) is 2.97. The van der Waals surface area contributed by atoms with Gasteiger partial charge < -0.3 is 9.47 Å². The van der Waals surface area contributed by atoms with Crippen LogP contribution < -0.4 is 0 Å². The minimum Gasteiger partial charge on any atom is -0.452 e. The molecule has 1 heterocycles. The van der Waals surface area contributed by atoms with Crippen LogP contribution in [0.4, 0.5) is 4.79 Å². The molecule has 2 rings (SSSR count). The van der Waals surface area contributed by atoms with E-state index in [9.17, 15) is 14.4 Å². The van der Waals surface area contributed by atoms with Gasteiger partial charge in [-0.05, 0) is 30.0 Å². The van der Waals surface area contributed by atoms with Crippen molar-refractivity contribution in [1.82, 2.24) is 4.90 Å². The Balaban J connectivity index is 1.80. The Morgan fingerprint density at radius 2 is 2.09 bits per heavy atom. The Hall–Kier alpha value is -2.28. The Kier molecular flexibility index (Phi) is 5.60. The van der Waals surface area contributed by atoms with Crippen LogP contribution in [0.1, 0.15) is 5.56 Å². The maximum atomic E-state index is 11.6. The van der Waals surface area contributed by atoms with Crippen molar-refractivity contribution in [2.45, 2.75) is 4.90 Å². The summed E-state index contributed by atoms with van der Waals surface area (Å²) in [4.78, 5) is 36.4. The maximum Gasteiger partial charge on any atom is 0.416 e. The summed E-state index contributed by atoms with van der Waals surface area (Å²) in [5.74, 6) is -1.23. The number of hydrogen-bond acceptors (Lipinski definition) is 6. The van der Waals surface area contributed by atoms with Crippen molar-refractivity contribution in [3.63, 3.8) is 0 Å². The van der Waals surface area contributed by atoms with E-state index >= 15 is 0 Å². The molecule has 2 amide bonds. The third-order valence-corrected chi connectivity index (χ3v) is 3.67. The number of cyclic esters (lactones) is 1. The Morgan fingerprint density at radius 3 is 2.68 bits per heavy atom. The fourth-order valence-corrected chi connectivity index (χ4v) is 2.17. The number of imide groups is 1. The van der Waals surface area contributed by atoms with Gasteiger partial charge in [0.25, 0.3) is 5.91 Å². The smallest absolute Gasteiger partial charge is 0.416 e. The Labute approximate surface area is 132 Å². The second-order valence-electron chi connectivity index (χ2n) is 4.37. The van der Waals surface area contributed by atoms with Crippen LogP contribution >= 0.6 is 11.8 Å². The number of hydrogen-bond donors (Lipinski definition) is 0. The topological polar surface area (TPSA) is 72.9 Å². The van der Waals surface area contributed by atoms with Crippen LogP contribution in [-0.2, 0) is 19.1 Å². The SMILES string of the molecule is CSc1ccc(/C=C/C(=O)OCC(=O)N2CCOC2=O)cc1. The molecule has 1 fully saturated rings. The van der Waals surface area contributed by atoms with Gasteiger partial charge in [0.1, 0.15) is 6.61 Å². The molecule has 1 aromatic carbocycles. The van der Waals surface area contributed by atoms with Gasteiger partial charge in [0.05, 0.1) is 6.54 Å². The monoisotopic (exact) mass is 321 g/mol. The zero-order valence-electron chi connectivity index (χ0n) is 12.0. The van der Waals surface area contributed by atoms with Crippen LogP contribution in [0.2, 0.25) is 0 Å². The lowest BCUT2D eigenvalue weighted by molar-refractivity contribution is -0.146. The van der Waals surface area contributed by atoms with Crippen molar-refractivity contribution in [3.05, 3.63) is 35.9 Å². The minimum absolute atomic E-state index is 0.171. The van der Waals surface area contributed by atoms with Crippen molar-refractivity contribution in [2.75, 3.05) is 26.0 Å². The van der Waals surface area contributed by atoms with Gasteiger partial charge in [-0.2, -0.15) is 0 Å². The number of benzene rings is 1. The fraction of sp³-hybridized carbons (Fsp3) is 0.267.